The molecule has 0 aromatic carbocycles. The fourth-order valence-electron chi connectivity index (χ4n) is 2.72. The molecular weight excluding hydrogens is 467 g/mol. The first-order valence-corrected chi connectivity index (χ1v) is 8.99. The van der Waals surface area contributed by atoms with Gasteiger partial charge in [0.15, 0.2) is 5.96 Å². The molecule has 0 aliphatic carbocycles. The van der Waals surface area contributed by atoms with Gasteiger partial charge >= 0.3 is 0 Å². The second kappa shape index (κ2) is 12.3. The second-order valence-electron chi connectivity index (χ2n) is 6.01. The standard InChI is InChI=1S/C17H27ClN6O.HI/c1-14(25)24-11-9-23(10-12-24)8-7-21-17(19-2)20-6-5-15-3-4-16(18)22-13-15;/h3-4,13H,5-12H2,1-2H3,(H2,19,20,21);1H. The van der Waals surface area contributed by atoms with Gasteiger partial charge in [0, 0.05) is 66.0 Å². The average molecular weight is 495 g/mol. The maximum absolute atomic E-state index is 11.3. The lowest BCUT2D eigenvalue weighted by molar-refractivity contribution is -0.130. The second-order valence-corrected chi connectivity index (χ2v) is 6.40. The van der Waals surface area contributed by atoms with Crippen LogP contribution in [0.1, 0.15) is 12.5 Å². The van der Waals surface area contributed by atoms with Crippen LogP contribution in [0.5, 0.6) is 0 Å². The summed E-state index contributed by atoms with van der Waals surface area (Å²) in [7, 11) is 1.77. The number of pyridine rings is 1. The summed E-state index contributed by atoms with van der Waals surface area (Å²) in [4.78, 5) is 23.9. The maximum Gasteiger partial charge on any atom is 0.219 e. The van der Waals surface area contributed by atoms with Gasteiger partial charge in [-0.25, -0.2) is 4.98 Å². The van der Waals surface area contributed by atoms with Crippen molar-refractivity contribution in [2.24, 2.45) is 4.99 Å². The summed E-state index contributed by atoms with van der Waals surface area (Å²) in [6.07, 6.45) is 2.65. The van der Waals surface area contributed by atoms with Gasteiger partial charge in [0.25, 0.3) is 0 Å². The van der Waals surface area contributed by atoms with E-state index in [-0.39, 0.29) is 29.9 Å². The number of nitrogens with zero attached hydrogens (tertiary/aromatic N) is 4. The van der Waals surface area contributed by atoms with E-state index in [0.29, 0.717) is 5.15 Å². The van der Waals surface area contributed by atoms with Crippen molar-refractivity contribution in [3.63, 3.8) is 0 Å². The molecule has 146 valence electrons. The van der Waals surface area contributed by atoms with Crippen molar-refractivity contribution in [1.82, 2.24) is 25.4 Å². The Kier molecular flexibility index (Phi) is 10.8. The molecule has 0 unspecified atom stereocenters. The van der Waals surface area contributed by atoms with Crippen molar-refractivity contribution in [2.45, 2.75) is 13.3 Å². The van der Waals surface area contributed by atoms with Crippen LogP contribution in [0.4, 0.5) is 0 Å². The molecule has 1 fully saturated rings. The monoisotopic (exact) mass is 494 g/mol. The third kappa shape index (κ3) is 8.05. The van der Waals surface area contributed by atoms with Crippen LogP contribution in [0.25, 0.3) is 0 Å². The Morgan fingerprint density at radius 2 is 1.92 bits per heavy atom. The molecule has 0 atom stereocenters. The van der Waals surface area contributed by atoms with E-state index < -0.39 is 0 Å². The predicted molar refractivity (Wildman–Crippen MR) is 116 cm³/mol. The fraction of sp³-hybridized carbons (Fsp3) is 0.588. The van der Waals surface area contributed by atoms with Crippen LogP contribution in [-0.2, 0) is 11.2 Å². The van der Waals surface area contributed by atoms with E-state index in [2.05, 4.69) is 25.5 Å². The number of guanidine groups is 1. The Morgan fingerprint density at radius 3 is 2.50 bits per heavy atom. The average Bonchev–Trinajstić information content (AvgIpc) is 2.62. The Morgan fingerprint density at radius 1 is 1.23 bits per heavy atom. The zero-order chi connectivity index (χ0) is 18.1. The largest absolute Gasteiger partial charge is 0.356 e. The lowest BCUT2D eigenvalue weighted by Gasteiger charge is -2.34. The SMILES string of the molecule is CN=C(NCCc1ccc(Cl)nc1)NCCN1CCN(C(C)=O)CC1.I. The molecule has 0 saturated carbocycles. The molecule has 2 N–H and O–H groups in total. The van der Waals surface area contributed by atoms with Crippen LogP contribution in [0, 0.1) is 0 Å². The number of aromatic nitrogens is 1. The molecule has 1 amide bonds. The number of hydrogen-bond acceptors (Lipinski definition) is 4. The van der Waals surface area contributed by atoms with E-state index in [1.54, 1.807) is 26.2 Å². The van der Waals surface area contributed by atoms with E-state index in [1.807, 2.05) is 11.0 Å². The number of hydrogen-bond donors (Lipinski definition) is 2. The first-order chi connectivity index (χ1) is 12.1. The summed E-state index contributed by atoms with van der Waals surface area (Å²) in [6.45, 7) is 7.66. The van der Waals surface area contributed by atoms with Crippen molar-refractivity contribution >= 4 is 47.4 Å². The van der Waals surface area contributed by atoms with Crippen LogP contribution >= 0.6 is 35.6 Å². The first-order valence-electron chi connectivity index (χ1n) is 8.61. The van der Waals surface area contributed by atoms with Crippen molar-refractivity contribution in [3.8, 4) is 0 Å². The van der Waals surface area contributed by atoms with Crippen molar-refractivity contribution in [1.29, 1.82) is 0 Å². The number of aliphatic imine (C=N–C) groups is 1. The van der Waals surface area contributed by atoms with Gasteiger partial charge in [-0.1, -0.05) is 17.7 Å². The third-order valence-corrected chi connectivity index (χ3v) is 4.48. The summed E-state index contributed by atoms with van der Waals surface area (Å²) in [6, 6.07) is 3.78. The predicted octanol–water partition coefficient (Wildman–Crippen LogP) is 1.22. The number of carbonyl (C=O) groups excluding carboxylic acids is 1. The van der Waals surface area contributed by atoms with E-state index in [0.717, 1.165) is 63.8 Å². The lowest BCUT2D eigenvalue weighted by atomic mass is 10.2. The van der Waals surface area contributed by atoms with Crippen LogP contribution < -0.4 is 10.6 Å². The molecule has 2 heterocycles. The van der Waals surface area contributed by atoms with Crippen molar-refractivity contribution in [3.05, 3.63) is 29.0 Å². The van der Waals surface area contributed by atoms with E-state index in [1.165, 1.54) is 0 Å². The molecule has 1 aliphatic heterocycles. The maximum atomic E-state index is 11.3. The highest BCUT2D eigenvalue weighted by Gasteiger charge is 2.17. The highest BCUT2D eigenvalue weighted by molar-refractivity contribution is 14.0. The van der Waals surface area contributed by atoms with Crippen LogP contribution in [-0.4, -0.2) is 79.5 Å². The van der Waals surface area contributed by atoms with Gasteiger partial charge < -0.3 is 15.5 Å². The number of piperazine rings is 1. The zero-order valence-corrected chi connectivity index (χ0v) is 18.5. The number of amides is 1. The van der Waals surface area contributed by atoms with Crippen molar-refractivity contribution in [2.75, 3.05) is 52.9 Å². The molecule has 0 spiro atoms. The molecule has 26 heavy (non-hydrogen) atoms. The van der Waals surface area contributed by atoms with Gasteiger partial charge in [0.05, 0.1) is 0 Å². The molecule has 1 saturated heterocycles. The van der Waals surface area contributed by atoms with E-state index >= 15 is 0 Å². The van der Waals surface area contributed by atoms with E-state index in [4.69, 9.17) is 11.6 Å². The van der Waals surface area contributed by atoms with E-state index in [9.17, 15) is 4.79 Å². The number of rotatable bonds is 6. The highest BCUT2D eigenvalue weighted by Crippen LogP contribution is 2.05. The summed E-state index contributed by atoms with van der Waals surface area (Å²) in [5.74, 6) is 0.961. The molecule has 1 aromatic heterocycles. The molecule has 2 rings (SSSR count). The van der Waals surface area contributed by atoms with Crippen LogP contribution in [0.3, 0.4) is 0 Å². The minimum absolute atomic E-state index is 0. The van der Waals surface area contributed by atoms with Gasteiger partial charge in [-0.2, -0.15) is 0 Å². The fourth-order valence-corrected chi connectivity index (χ4v) is 2.83. The lowest BCUT2D eigenvalue weighted by Crippen LogP contribution is -2.50. The molecule has 9 heteroatoms. The third-order valence-electron chi connectivity index (χ3n) is 4.26. The van der Waals surface area contributed by atoms with Gasteiger partial charge in [-0.3, -0.25) is 14.7 Å². The van der Waals surface area contributed by atoms with Gasteiger partial charge in [0.2, 0.25) is 5.91 Å². The number of carbonyl (C=O) groups is 1. The topological polar surface area (TPSA) is 72.9 Å². The minimum Gasteiger partial charge on any atom is -0.356 e. The number of halogens is 2. The quantitative estimate of drug-likeness (QED) is 0.269. The Bertz CT molecular complexity index is 575. The Labute approximate surface area is 177 Å². The summed E-state index contributed by atoms with van der Waals surface area (Å²) in [5, 5.41) is 7.14. The summed E-state index contributed by atoms with van der Waals surface area (Å²) < 4.78 is 0. The van der Waals surface area contributed by atoms with Crippen molar-refractivity contribution < 1.29 is 4.79 Å². The zero-order valence-electron chi connectivity index (χ0n) is 15.4. The first kappa shape index (κ1) is 22.9. The summed E-state index contributed by atoms with van der Waals surface area (Å²) in [5.41, 5.74) is 1.13. The smallest absolute Gasteiger partial charge is 0.219 e. The number of nitrogens with one attached hydrogen (secondary N) is 2. The Balaban J connectivity index is 0.00000338. The molecule has 0 radical (unpaired) electrons. The van der Waals surface area contributed by atoms with Gasteiger partial charge in [0.1, 0.15) is 5.15 Å². The normalized spacial score (nSPS) is 15.3. The summed E-state index contributed by atoms with van der Waals surface area (Å²) >= 11 is 5.78. The molecular formula is C17H28ClIN6O. The molecule has 0 bridgehead atoms. The molecule has 7 nitrogen and oxygen atoms in total. The van der Waals surface area contributed by atoms with Gasteiger partial charge in [-0.05, 0) is 18.1 Å². The Hall–Kier alpha value is -1.13. The minimum atomic E-state index is 0. The van der Waals surface area contributed by atoms with Gasteiger partial charge in [-0.15, -0.1) is 24.0 Å². The molecule has 1 aliphatic rings. The van der Waals surface area contributed by atoms with Crippen LogP contribution in [0.15, 0.2) is 23.3 Å². The van der Waals surface area contributed by atoms with Crippen LogP contribution in [0.2, 0.25) is 5.15 Å². The molecule has 1 aromatic rings. The highest BCUT2D eigenvalue weighted by atomic mass is 127.